The van der Waals surface area contributed by atoms with E-state index in [2.05, 4.69) is 18.7 Å². The molecule has 0 saturated carbocycles. The van der Waals surface area contributed by atoms with Crippen LogP contribution in [0.2, 0.25) is 15.1 Å². The maximum atomic E-state index is 6.40. The zero-order valence-electron chi connectivity index (χ0n) is 12.9. The lowest BCUT2D eigenvalue weighted by Gasteiger charge is -2.22. The minimum Gasteiger partial charge on any atom is -0.324 e. The van der Waals surface area contributed by atoms with Crippen LogP contribution in [0.5, 0.6) is 0 Å². The van der Waals surface area contributed by atoms with Crippen molar-refractivity contribution in [3.63, 3.8) is 0 Å². The van der Waals surface area contributed by atoms with E-state index in [0.717, 1.165) is 28.7 Å². The summed E-state index contributed by atoms with van der Waals surface area (Å²) in [5.41, 5.74) is 1.96. The molecule has 1 atom stereocenters. The Balaban J connectivity index is 2.04. The smallest absolute Gasteiger partial charge is 0.137 e. The van der Waals surface area contributed by atoms with Gasteiger partial charge in [0.15, 0.2) is 0 Å². The summed E-state index contributed by atoms with van der Waals surface area (Å²) in [6.07, 6.45) is 0. The number of anilines is 1. The van der Waals surface area contributed by atoms with E-state index in [0.29, 0.717) is 16.0 Å². The third-order valence-electron chi connectivity index (χ3n) is 3.99. The first-order valence-electron chi connectivity index (χ1n) is 7.52. The van der Waals surface area contributed by atoms with Gasteiger partial charge in [-0.1, -0.05) is 48.7 Å². The molecule has 120 valence electrons. The number of hydrogen-bond acceptors (Lipinski definition) is 2. The van der Waals surface area contributed by atoms with Crippen molar-refractivity contribution < 1.29 is 0 Å². The molecule has 0 fully saturated rings. The van der Waals surface area contributed by atoms with Crippen molar-refractivity contribution in [2.75, 3.05) is 11.4 Å². The molecular formula is C18H17Cl3N2. The lowest BCUT2D eigenvalue weighted by molar-refractivity contribution is 0.521. The molecule has 23 heavy (non-hydrogen) atoms. The summed E-state index contributed by atoms with van der Waals surface area (Å²) in [6.45, 7) is 5.19. The molecule has 1 aliphatic rings. The van der Waals surface area contributed by atoms with Gasteiger partial charge in [-0.25, -0.2) is 0 Å². The van der Waals surface area contributed by atoms with Gasteiger partial charge in [-0.15, -0.1) is 0 Å². The number of aliphatic imine (C=N–C) groups is 1. The molecule has 0 bridgehead atoms. The topological polar surface area (TPSA) is 15.6 Å². The summed E-state index contributed by atoms with van der Waals surface area (Å²) in [5, 5.41) is 1.95. The van der Waals surface area contributed by atoms with Gasteiger partial charge in [0.2, 0.25) is 0 Å². The normalized spacial score (nSPS) is 17.7. The fraction of sp³-hybridized carbons (Fsp3) is 0.278. The van der Waals surface area contributed by atoms with Crippen LogP contribution in [0, 0.1) is 5.92 Å². The molecule has 0 saturated heterocycles. The van der Waals surface area contributed by atoms with E-state index in [-0.39, 0.29) is 6.04 Å². The second-order valence-electron chi connectivity index (χ2n) is 5.98. The van der Waals surface area contributed by atoms with Gasteiger partial charge in [-0.2, -0.15) is 0 Å². The number of nitrogens with zero attached hydrogens (tertiary/aromatic N) is 2. The van der Waals surface area contributed by atoms with Gasteiger partial charge in [0.25, 0.3) is 0 Å². The Labute approximate surface area is 151 Å². The van der Waals surface area contributed by atoms with Crippen molar-refractivity contribution >= 4 is 46.3 Å². The fourth-order valence-corrected chi connectivity index (χ4v) is 3.25. The Hall–Kier alpha value is -1.22. The van der Waals surface area contributed by atoms with Crippen LogP contribution in [-0.2, 0) is 0 Å². The SMILES string of the molecule is CC(C)C1CN(c2ccc(Cl)cc2)C(c2ccc(Cl)cc2Cl)=N1. The van der Waals surface area contributed by atoms with Gasteiger partial charge >= 0.3 is 0 Å². The Morgan fingerprint density at radius 1 is 1.00 bits per heavy atom. The number of hydrogen-bond donors (Lipinski definition) is 0. The van der Waals surface area contributed by atoms with E-state index in [1.54, 1.807) is 6.07 Å². The molecule has 5 heteroatoms. The molecule has 0 aromatic heterocycles. The molecule has 0 radical (unpaired) electrons. The van der Waals surface area contributed by atoms with E-state index in [1.807, 2.05) is 36.4 Å². The molecule has 0 aliphatic carbocycles. The summed E-state index contributed by atoms with van der Waals surface area (Å²) in [7, 11) is 0. The molecule has 0 amide bonds. The molecule has 2 aromatic rings. The Morgan fingerprint density at radius 3 is 2.26 bits per heavy atom. The van der Waals surface area contributed by atoms with Crippen LogP contribution in [-0.4, -0.2) is 18.4 Å². The third-order valence-corrected chi connectivity index (χ3v) is 4.79. The highest BCUT2D eigenvalue weighted by Gasteiger charge is 2.30. The van der Waals surface area contributed by atoms with Crippen molar-refractivity contribution in [3.05, 3.63) is 63.1 Å². The summed E-state index contributed by atoms with van der Waals surface area (Å²) in [6, 6.07) is 13.5. The maximum Gasteiger partial charge on any atom is 0.137 e. The van der Waals surface area contributed by atoms with Crippen LogP contribution < -0.4 is 4.90 Å². The van der Waals surface area contributed by atoms with E-state index >= 15 is 0 Å². The lowest BCUT2D eigenvalue weighted by atomic mass is 10.1. The monoisotopic (exact) mass is 366 g/mol. The van der Waals surface area contributed by atoms with Gasteiger partial charge < -0.3 is 4.90 Å². The predicted molar refractivity (Wildman–Crippen MR) is 100 cm³/mol. The Morgan fingerprint density at radius 2 is 1.65 bits per heavy atom. The molecule has 1 aliphatic heterocycles. The first-order valence-corrected chi connectivity index (χ1v) is 8.65. The van der Waals surface area contributed by atoms with Crippen LogP contribution >= 0.6 is 34.8 Å². The Kier molecular flexibility index (Phi) is 4.86. The summed E-state index contributed by atoms with van der Waals surface area (Å²) >= 11 is 18.4. The van der Waals surface area contributed by atoms with Crippen molar-refractivity contribution in [2.24, 2.45) is 10.9 Å². The van der Waals surface area contributed by atoms with E-state index in [4.69, 9.17) is 39.8 Å². The highest BCUT2D eigenvalue weighted by molar-refractivity contribution is 6.37. The third kappa shape index (κ3) is 3.50. The first kappa shape index (κ1) is 16.6. The fourth-order valence-electron chi connectivity index (χ4n) is 2.64. The molecule has 1 heterocycles. The largest absolute Gasteiger partial charge is 0.324 e. The minimum absolute atomic E-state index is 0.229. The highest BCUT2D eigenvalue weighted by atomic mass is 35.5. The zero-order valence-corrected chi connectivity index (χ0v) is 15.2. The van der Waals surface area contributed by atoms with Crippen molar-refractivity contribution in [1.29, 1.82) is 0 Å². The van der Waals surface area contributed by atoms with Crippen molar-refractivity contribution in [3.8, 4) is 0 Å². The van der Waals surface area contributed by atoms with E-state index < -0.39 is 0 Å². The van der Waals surface area contributed by atoms with Crippen LogP contribution in [0.25, 0.3) is 0 Å². The predicted octanol–water partition coefficient (Wildman–Crippen LogP) is 5.94. The number of halogens is 3. The standard InChI is InChI=1S/C18H17Cl3N2/c1-11(2)17-10-23(14-6-3-12(19)4-7-14)18(22-17)15-8-5-13(20)9-16(15)21/h3-9,11,17H,10H2,1-2H3. The van der Waals surface area contributed by atoms with Crippen molar-refractivity contribution in [1.82, 2.24) is 0 Å². The van der Waals surface area contributed by atoms with Crippen LogP contribution in [0.15, 0.2) is 47.5 Å². The van der Waals surface area contributed by atoms with Crippen LogP contribution in [0.1, 0.15) is 19.4 Å². The zero-order chi connectivity index (χ0) is 16.6. The molecule has 2 aromatic carbocycles. The van der Waals surface area contributed by atoms with Gasteiger partial charge in [0, 0.05) is 27.8 Å². The van der Waals surface area contributed by atoms with Crippen LogP contribution in [0.4, 0.5) is 5.69 Å². The summed E-state index contributed by atoms with van der Waals surface area (Å²) < 4.78 is 0. The quantitative estimate of drug-likeness (QED) is 0.655. The molecule has 3 rings (SSSR count). The highest BCUT2D eigenvalue weighted by Crippen LogP contribution is 2.31. The average Bonchev–Trinajstić information content (AvgIpc) is 2.93. The second-order valence-corrected chi connectivity index (χ2v) is 7.26. The molecule has 0 spiro atoms. The summed E-state index contributed by atoms with van der Waals surface area (Å²) in [4.78, 5) is 7.10. The van der Waals surface area contributed by atoms with Crippen molar-refractivity contribution in [2.45, 2.75) is 19.9 Å². The number of amidine groups is 1. The first-order chi connectivity index (χ1) is 11.0. The average molecular weight is 368 g/mol. The van der Waals surface area contributed by atoms with Gasteiger partial charge in [0.05, 0.1) is 11.1 Å². The van der Waals surface area contributed by atoms with Gasteiger partial charge in [0.1, 0.15) is 5.84 Å². The molecule has 0 N–H and O–H groups in total. The van der Waals surface area contributed by atoms with E-state index in [1.165, 1.54) is 0 Å². The number of rotatable bonds is 3. The van der Waals surface area contributed by atoms with E-state index in [9.17, 15) is 0 Å². The van der Waals surface area contributed by atoms with Gasteiger partial charge in [-0.05, 0) is 48.4 Å². The lowest BCUT2D eigenvalue weighted by Crippen LogP contribution is -2.31. The number of benzene rings is 2. The molecular weight excluding hydrogens is 351 g/mol. The Bertz CT molecular complexity index is 738. The van der Waals surface area contributed by atoms with Crippen LogP contribution in [0.3, 0.4) is 0 Å². The summed E-state index contributed by atoms with van der Waals surface area (Å²) in [5.74, 6) is 1.33. The maximum absolute atomic E-state index is 6.40. The minimum atomic E-state index is 0.229. The molecule has 1 unspecified atom stereocenters. The van der Waals surface area contributed by atoms with Gasteiger partial charge in [-0.3, -0.25) is 4.99 Å². The second kappa shape index (κ2) is 6.72. The molecule has 2 nitrogen and oxygen atoms in total.